The molecule has 148 valence electrons. The lowest BCUT2D eigenvalue weighted by molar-refractivity contribution is -0.909. The molecule has 0 unspecified atom stereocenters. The lowest BCUT2D eigenvalue weighted by Gasteiger charge is -2.28. The quantitative estimate of drug-likeness (QED) is 0.642. The van der Waals surface area contributed by atoms with Gasteiger partial charge in [0, 0.05) is 0 Å². The Hall–Kier alpha value is -2.41. The van der Waals surface area contributed by atoms with Gasteiger partial charge >= 0.3 is 0 Å². The van der Waals surface area contributed by atoms with Gasteiger partial charge < -0.3 is 20.3 Å². The molecule has 0 saturated carbocycles. The van der Waals surface area contributed by atoms with Gasteiger partial charge in [-0.05, 0) is 17.7 Å². The summed E-state index contributed by atoms with van der Waals surface area (Å²) in [5, 5.41) is 6.05. The summed E-state index contributed by atoms with van der Waals surface area (Å²) in [4.78, 5) is 26.1. The number of hydrogen-bond donors (Lipinski definition) is 3. The second-order valence-electron chi connectivity index (χ2n) is 6.76. The first kappa shape index (κ1) is 20.3. The minimum absolute atomic E-state index is 0.105. The van der Waals surface area contributed by atoms with Gasteiger partial charge in [-0.3, -0.25) is 9.59 Å². The highest BCUT2D eigenvalue weighted by Crippen LogP contribution is 2.14. The Morgan fingerprint density at radius 3 is 2.43 bits per heavy atom. The van der Waals surface area contributed by atoms with Gasteiger partial charge in [-0.1, -0.05) is 54.1 Å². The van der Waals surface area contributed by atoms with E-state index < -0.39 is 0 Å². The van der Waals surface area contributed by atoms with E-state index in [2.05, 4.69) is 10.6 Å². The maximum Gasteiger partial charge on any atom is 0.253 e. The van der Waals surface area contributed by atoms with E-state index in [9.17, 15) is 9.59 Å². The summed E-state index contributed by atoms with van der Waals surface area (Å²) in [6, 6.07) is 16.5. The monoisotopic (exact) mass is 402 g/mol. The number of hydrogen-bond acceptors (Lipinski definition) is 3. The van der Waals surface area contributed by atoms with Crippen molar-refractivity contribution >= 4 is 23.4 Å². The zero-order valence-electron chi connectivity index (χ0n) is 15.6. The first-order valence-corrected chi connectivity index (χ1v) is 9.79. The molecule has 7 heteroatoms. The van der Waals surface area contributed by atoms with Gasteiger partial charge in [-0.15, -0.1) is 0 Å². The van der Waals surface area contributed by atoms with Crippen molar-refractivity contribution in [2.75, 3.05) is 39.4 Å². The molecule has 1 atom stereocenters. The number of benzene rings is 2. The molecule has 2 aromatic rings. The van der Waals surface area contributed by atoms with Crippen molar-refractivity contribution in [2.24, 2.45) is 0 Å². The number of quaternary nitrogens is 1. The summed E-state index contributed by atoms with van der Waals surface area (Å²) in [7, 11) is 0. The van der Waals surface area contributed by atoms with E-state index in [1.807, 2.05) is 30.3 Å². The van der Waals surface area contributed by atoms with Gasteiger partial charge in [0.05, 0.1) is 30.3 Å². The van der Waals surface area contributed by atoms with Crippen LogP contribution in [0.25, 0.3) is 0 Å². The molecule has 0 aromatic heterocycles. The Labute approximate surface area is 169 Å². The van der Waals surface area contributed by atoms with Crippen molar-refractivity contribution in [3.05, 3.63) is 70.7 Å². The van der Waals surface area contributed by atoms with Gasteiger partial charge in [-0.2, -0.15) is 0 Å². The molecule has 2 aromatic carbocycles. The second kappa shape index (κ2) is 10.2. The molecule has 0 aliphatic carbocycles. The Kier molecular flexibility index (Phi) is 7.42. The highest BCUT2D eigenvalue weighted by atomic mass is 35.5. The van der Waals surface area contributed by atoms with Crippen LogP contribution in [-0.4, -0.2) is 51.2 Å². The number of rotatable bonds is 7. The topological polar surface area (TPSA) is 71.9 Å². The summed E-state index contributed by atoms with van der Waals surface area (Å²) in [5.74, 6) is -0.599. The highest BCUT2D eigenvalue weighted by Gasteiger charge is 2.23. The van der Waals surface area contributed by atoms with Crippen LogP contribution in [0.4, 0.5) is 0 Å². The normalized spacial score (nSPS) is 15.6. The van der Waals surface area contributed by atoms with Crippen LogP contribution in [0.2, 0.25) is 5.02 Å². The van der Waals surface area contributed by atoms with Crippen molar-refractivity contribution in [1.29, 1.82) is 0 Å². The first-order chi connectivity index (χ1) is 13.6. The number of morpholine rings is 1. The van der Waals surface area contributed by atoms with E-state index in [0.29, 0.717) is 10.6 Å². The number of amides is 2. The minimum atomic E-state index is -0.365. The molecular formula is C21H25ClN3O3+. The predicted molar refractivity (Wildman–Crippen MR) is 107 cm³/mol. The molecule has 1 saturated heterocycles. The zero-order chi connectivity index (χ0) is 19.8. The number of carbonyl (C=O) groups is 2. The maximum atomic E-state index is 12.5. The van der Waals surface area contributed by atoms with E-state index in [4.69, 9.17) is 16.3 Å². The van der Waals surface area contributed by atoms with Crippen molar-refractivity contribution in [3.63, 3.8) is 0 Å². The van der Waals surface area contributed by atoms with Crippen LogP contribution in [0.15, 0.2) is 54.6 Å². The standard InChI is InChI=1S/C21H24ClN3O3/c22-18-9-5-4-8-17(18)21(27)23-14-20(26)24-19(16-6-2-1-3-7-16)15-25-10-12-28-13-11-25/h1-9,19H,10-15H2,(H,23,27)(H,24,26)/p+1/t19-/m1/s1. The molecule has 1 fully saturated rings. The zero-order valence-corrected chi connectivity index (χ0v) is 16.4. The number of halogens is 1. The number of ether oxygens (including phenoxy) is 1. The van der Waals surface area contributed by atoms with Crippen LogP contribution < -0.4 is 15.5 Å². The molecule has 0 radical (unpaired) electrons. The fraction of sp³-hybridized carbons (Fsp3) is 0.333. The average Bonchev–Trinajstić information content (AvgIpc) is 2.73. The van der Waals surface area contributed by atoms with Crippen LogP contribution in [0.5, 0.6) is 0 Å². The molecule has 1 aliphatic rings. The minimum Gasteiger partial charge on any atom is -0.370 e. The fourth-order valence-electron chi connectivity index (χ4n) is 3.24. The van der Waals surface area contributed by atoms with Gasteiger partial charge in [-0.25, -0.2) is 0 Å². The summed E-state index contributed by atoms with van der Waals surface area (Å²) in [6.45, 7) is 3.98. The third-order valence-electron chi connectivity index (χ3n) is 4.76. The number of carbonyl (C=O) groups excluding carboxylic acids is 2. The Morgan fingerprint density at radius 2 is 1.71 bits per heavy atom. The molecule has 1 aliphatic heterocycles. The third-order valence-corrected chi connectivity index (χ3v) is 5.09. The number of nitrogens with one attached hydrogen (secondary N) is 3. The van der Waals surface area contributed by atoms with E-state index in [1.165, 1.54) is 4.90 Å². The van der Waals surface area contributed by atoms with Gasteiger partial charge in [0.1, 0.15) is 25.7 Å². The molecule has 3 N–H and O–H groups in total. The Bertz CT molecular complexity index is 794. The van der Waals surface area contributed by atoms with Crippen LogP contribution >= 0.6 is 11.6 Å². The Balaban J connectivity index is 1.59. The molecule has 0 bridgehead atoms. The van der Waals surface area contributed by atoms with Gasteiger partial charge in [0.25, 0.3) is 5.91 Å². The van der Waals surface area contributed by atoms with Crippen molar-refractivity contribution in [2.45, 2.75) is 6.04 Å². The van der Waals surface area contributed by atoms with Crippen LogP contribution in [0.3, 0.4) is 0 Å². The molecule has 28 heavy (non-hydrogen) atoms. The largest absolute Gasteiger partial charge is 0.370 e. The van der Waals surface area contributed by atoms with Gasteiger partial charge in [0.15, 0.2) is 0 Å². The second-order valence-corrected chi connectivity index (χ2v) is 7.17. The Morgan fingerprint density at radius 1 is 1.04 bits per heavy atom. The van der Waals surface area contributed by atoms with E-state index in [0.717, 1.165) is 38.4 Å². The molecule has 2 amide bonds. The SMILES string of the molecule is O=C(CNC(=O)c1ccccc1Cl)N[C@H](C[NH+]1CCOCC1)c1ccccc1. The van der Waals surface area contributed by atoms with Crippen molar-refractivity contribution in [3.8, 4) is 0 Å². The summed E-state index contributed by atoms with van der Waals surface area (Å²) < 4.78 is 5.42. The van der Waals surface area contributed by atoms with Gasteiger partial charge in [0.2, 0.25) is 5.91 Å². The summed E-state index contributed by atoms with van der Waals surface area (Å²) in [5.41, 5.74) is 1.40. The average molecular weight is 403 g/mol. The van der Waals surface area contributed by atoms with E-state index in [1.54, 1.807) is 24.3 Å². The highest BCUT2D eigenvalue weighted by molar-refractivity contribution is 6.33. The first-order valence-electron chi connectivity index (χ1n) is 9.42. The predicted octanol–water partition coefficient (Wildman–Crippen LogP) is 0.842. The van der Waals surface area contributed by atoms with Crippen LogP contribution in [-0.2, 0) is 9.53 Å². The van der Waals surface area contributed by atoms with Crippen molar-refractivity contribution < 1.29 is 19.2 Å². The smallest absolute Gasteiger partial charge is 0.253 e. The molecule has 6 nitrogen and oxygen atoms in total. The molecular weight excluding hydrogens is 378 g/mol. The summed E-state index contributed by atoms with van der Waals surface area (Å²) in [6.07, 6.45) is 0. The third kappa shape index (κ3) is 5.79. The molecule has 1 heterocycles. The molecule has 0 spiro atoms. The lowest BCUT2D eigenvalue weighted by Crippen LogP contribution is -3.14. The fourth-order valence-corrected chi connectivity index (χ4v) is 3.46. The van der Waals surface area contributed by atoms with E-state index >= 15 is 0 Å². The maximum absolute atomic E-state index is 12.5. The van der Waals surface area contributed by atoms with Crippen molar-refractivity contribution in [1.82, 2.24) is 10.6 Å². The van der Waals surface area contributed by atoms with Crippen LogP contribution in [0, 0.1) is 0 Å². The van der Waals surface area contributed by atoms with E-state index in [-0.39, 0.29) is 24.4 Å². The lowest BCUT2D eigenvalue weighted by atomic mass is 10.1. The van der Waals surface area contributed by atoms with Crippen LogP contribution in [0.1, 0.15) is 22.0 Å². The summed E-state index contributed by atoms with van der Waals surface area (Å²) >= 11 is 6.03. The molecule has 3 rings (SSSR count).